The van der Waals surface area contributed by atoms with Crippen LogP contribution in [0, 0.1) is 11.6 Å². The van der Waals surface area contributed by atoms with Crippen LogP contribution in [-0.2, 0) is 0 Å². The lowest BCUT2D eigenvalue weighted by molar-refractivity contribution is 0.477. The van der Waals surface area contributed by atoms with Crippen LogP contribution in [0.3, 0.4) is 0 Å². The molecule has 0 saturated carbocycles. The summed E-state index contributed by atoms with van der Waals surface area (Å²) in [5.41, 5.74) is 5.83. The Morgan fingerprint density at radius 3 is 2.35 bits per heavy atom. The van der Waals surface area contributed by atoms with Crippen molar-refractivity contribution in [1.82, 2.24) is 0 Å². The molecule has 0 radical (unpaired) electrons. The van der Waals surface area contributed by atoms with E-state index in [1.54, 1.807) is 0 Å². The highest BCUT2D eigenvalue weighted by atomic mass is 35.5. The summed E-state index contributed by atoms with van der Waals surface area (Å²) in [6.07, 6.45) is 0. The third-order valence-electron chi connectivity index (χ3n) is 2.09. The van der Waals surface area contributed by atoms with E-state index in [0.29, 0.717) is 5.75 Å². The summed E-state index contributed by atoms with van der Waals surface area (Å²) in [6.45, 7) is 0. The topological polar surface area (TPSA) is 35.2 Å². The molecule has 5 heteroatoms. The van der Waals surface area contributed by atoms with E-state index < -0.39 is 5.82 Å². The molecule has 17 heavy (non-hydrogen) atoms. The van der Waals surface area contributed by atoms with E-state index in [-0.39, 0.29) is 22.3 Å². The molecule has 0 saturated heterocycles. The van der Waals surface area contributed by atoms with Gasteiger partial charge in [-0.1, -0.05) is 11.6 Å². The van der Waals surface area contributed by atoms with Crippen LogP contribution < -0.4 is 10.5 Å². The lowest BCUT2D eigenvalue weighted by atomic mass is 10.3. The predicted molar refractivity (Wildman–Crippen MR) is 62.3 cm³/mol. The SMILES string of the molecule is Nc1cc(Cl)c(F)cc1Oc1ccc(F)cc1. The molecule has 0 atom stereocenters. The van der Waals surface area contributed by atoms with E-state index in [4.69, 9.17) is 22.1 Å². The van der Waals surface area contributed by atoms with Crippen LogP contribution in [0.4, 0.5) is 14.5 Å². The monoisotopic (exact) mass is 255 g/mol. The minimum absolute atomic E-state index is 0.0750. The number of hydrogen-bond donors (Lipinski definition) is 1. The second kappa shape index (κ2) is 4.59. The third kappa shape index (κ3) is 2.65. The summed E-state index contributed by atoms with van der Waals surface area (Å²) in [5.74, 6) is -0.510. The van der Waals surface area contributed by atoms with E-state index in [1.165, 1.54) is 30.3 Å². The van der Waals surface area contributed by atoms with E-state index in [0.717, 1.165) is 6.07 Å². The van der Waals surface area contributed by atoms with E-state index >= 15 is 0 Å². The van der Waals surface area contributed by atoms with Crippen molar-refractivity contribution < 1.29 is 13.5 Å². The predicted octanol–water partition coefficient (Wildman–Crippen LogP) is 3.99. The van der Waals surface area contributed by atoms with Crippen molar-refractivity contribution in [3.05, 3.63) is 53.1 Å². The molecule has 0 bridgehead atoms. The first-order chi connectivity index (χ1) is 8.06. The number of halogens is 3. The number of rotatable bonds is 2. The van der Waals surface area contributed by atoms with E-state index in [9.17, 15) is 8.78 Å². The maximum Gasteiger partial charge on any atom is 0.153 e. The van der Waals surface area contributed by atoms with E-state index in [2.05, 4.69) is 0 Å². The summed E-state index contributed by atoms with van der Waals surface area (Å²) >= 11 is 5.55. The molecule has 0 amide bonds. The molecule has 88 valence electrons. The van der Waals surface area contributed by atoms with Gasteiger partial charge in [0.15, 0.2) is 5.75 Å². The molecule has 0 spiro atoms. The Bertz CT molecular complexity index is 543. The quantitative estimate of drug-likeness (QED) is 0.824. The van der Waals surface area contributed by atoms with Crippen LogP contribution in [0.1, 0.15) is 0 Å². The Kier molecular flexibility index (Phi) is 3.15. The van der Waals surface area contributed by atoms with E-state index in [1.807, 2.05) is 0 Å². The van der Waals surface area contributed by atoms with Gasteiger partial charge in [-0.05, 0) is 30.3 Å². The largest absolute Gasteiger partial charge is 0.455 e. The van der Waals surface area contributed by atoms with Gasteiger partial charge in [0.05, 0.1) is 10.7 Å². The van der Waals surface area contributed by atoms with Gasteiger partial charge >= 0.3 is 0 Å². The smallest absolute Gasteiger partial charge is 0.153 e. The Balaban J connectivity index is 2.30. The second-order valence-corrected chi connectivity index (χ2v) is 3.77. The van der Waals surface area contributed by atoms with Gasteiger partial charge in [-0.3, -0.25) is 0 Å². The Hall–Kier alpha value is -1.81. The molecule has 0 aliphatic rings. The molecule has 2 nitrogen and oxygen atoms in total. The molecule has 2 aromatic carbocycles. The van der Waals surface area contributed by atoms with Gasteiger partial charge < -0.3 is 10.5 Å². The van der Waals surface area contributed by atoms with Crippen LogP contribution in [0.5, 0.6) is 11.5 Å². The number of benzene rings is 2. The van der Waals surface area contributed by atoms with Crippen molar-refractivity contribution in [2.24, 2.45) is 0 Å². The Morgan fingerprint density at radius 2 is 1.71 bits per heavy atom. The molecule has 2 aromatic rings. The molecule has 2 rings (SSSR count). The molecule has 2 N–H and O–H groups in total. The number of nitrogens with two attached hydrogens (primary N) is 1. The molecule has 0 aliphatic carbocycles. The fourth-order valence-electron chi connectivity index (χ4n) is 1.26. The van der Waals surface area contributed by atoms with Crippen molar-refractivity contribution in [2.75, 3.05) is 5.73 Å². The highest BCUT2D eigenvalue weighted by Gasteiger charge is 2.08. The Labute approximate surface area is 102 Å². The molecule has 0 unspecified atom stereocenters. The van der Waals surface area contributed by atoms with Gasteiger partial charge in [0, 0.05) is 6.07 Å². The zero-order valence-electron chi connectivity index (χ0n) is 8.58. The second-order valence-electron chi connectivity index (χ2n) is 3.36. The number of ether oxygens (including phenoxy) is 1. The normalized spacial score (nSPS) is 10.3. The minimum Gasteiger partial charge on any atom is -0.455 e. The van der Waals surface area contributed by atoms with Crippen molar-refractivity contribution in [3.63, 3.8) is 0 Å². The summed E-state index contributed by atoms with van der Waals surface area (Å²) in [5, 5.41) is -0.0750. The maximum atomic E-state index is 13.2. The van der Waals surface area contributed by atoms with Crippen molar-refractivity contribution in [2.45, 2.75) is 0 Å². The van der Waals surface area contributed by atoms with Crippen molar-refractivity contribution >= 4 is 17.3 Å². The Morgan fingerprint density at radius 1 is 1.06 bits per heavy atom. The molecule has 0 fully saturated rings. The average molecular weight is 256 g/mol. The summed E-state index contributed by atoms with van der Waals surface area (Å²) in [4.78, 5) is 0. The first-order valence-corrected chi connectivity index (χ1v) is 5.12. The zero-order valence-corrected chi connectivity index (χ0v) is 9.34. The van der Waals surface area contributed by atoms with Gasteiger partial charge in [0.25, 0.3) is 0 Å². The van der Waals surface area contributed by atoms with Crippen LogP contribution in [0.15, 0.2) is 36.4 Å². The van der Waals surface area contributed by atoms with Crippen molar-refractivity contribution in [1.29, 1.82) is 0 Å². The summed E-state index contributed by atoms with van der Waals surface area (Å²) in [7, 11) is 0. The minimum atomic E-state index is -0.627. The first kappa shape index (κ1) is 11.7. The highest BCUT2D eigenvalue weighted by Crippen LogP contribution is 2.31. The molecular weight excluding hydrogens is 248 g/mol. The summed E-state index contributed by atoms with van der Waals surface area (Å²) in [6, 6.07) is 7.65. The molecular formula is C12H8ClF2NO. The highest BCUT2D eigenvalue weighted by molar-refractivity contribution is 6.31. The lowest BCUT2D eigenvalue weighted by Crippen LogP contribution is -1.94. The van der Waals surface area contributed by atoms with Crippen LogP contribution in [-0.4, -0.2) is 0 Å². The number of hydrogen-bond acceptors (Lipinski definition) is 2. The molecule has 0 aromatic heterocycles. The van der Waals surface area contributed by atoms with Gasteiger partial charge in [-0.2, -0.15) is 0 Å². The van der Waals surface area contributed by atoms with Crippen molar-refractivity contribution in [3.8, 4) is 11.5 Å². The first-order valence-electron chi connectivity index (χ1n) is 4.74. The van der Waals surface area contributed by atoms with Gasteiger partial charge in [-0.15, -0.1) is 0 Å². The van der Waals surface area contributed by atoms with Gasteiger partial charge in [0.1, 0.15) is 17.4 Å². The van der Waals surface area contributed by atoms with Crippen LogP contribution in [0.25, 0.3) is 0 Å². The molecule has 0 heterocycles. The maximum absolute atomic E-state index is 13.2. The average Bonchev–Trinajstić information content (AvgIpc) is 2.29. The number of nitrogen functional groups attached to an aromatic ring is 1. The molecule has 0 aliphatic heterocycles. The lowest BCUT2D eigenvalue weighted by Gasteiger charge is -2.09. The van der Waals surface area contributed by atoms with Gasteiger partial charge in [0.2, 0.25) is 0 Å². The summed E-state index contributed by atoms with van der Waals surface area (Å²) < 4.78 is 31.2. The standard InChI is InChI=1S/C12H8ClF2NO/c13-9-5-11(16)12(6-10(9)15)17-8-3-1-7(14)2-4-8/h1-6H,16H2. The number of anilines is 1. The van der Waals surface area contributed by atoms with Gasteiger partial charge in [-0.25, -0.2) is 8.78 Å². The third-order valence-corrected chi connectivity index (χ3v) is 2.38. The van der Waals surface area contributed by atoms with Crippen LogP contribution in [0.2, 0.25) is 5.02 Å². The fraction of sp³-hybridized carbons (Fsp3) is 0. The zero-order chi connectivity index (χ0) is 12.4. The van der Waals surface area contributed by atoms with Crippen LogP contribution >= 0.6 is 11.6 Å². The fourth-order valence-corrected chi connectivity index (χ4v) is 1.43.